The van der Waals surface area contributed by atoms with Crippen LogP contribution in [0.15, 0.2) is 6.07 Å². The topological polar surface area (TPSA) is 17.8 Å². The predicted molar refractivity (Wildman–Crippen MR) is 46.7 cm³/mol. The molecule has 0 aliphatic rings. The Bertz CT molecular complexity index is 253. The second kappa shape index (κ2) is 2.36. The second-order valence-corrected chi connectivity index (χ2v) is 4.01. The summed E-state index contributed by atoms with van der Waals surface area (Å²) in [6.45, 7) is 10.6. The van der Waals surface area contributed by atoms with Crippen LogP contribution in [0.25, 0.3) is 0 Å². The lowest BCUT2D eigenvalue weighted by molar-refractivity contribution is 0.346. The molecular formula is C9H16N2. The zero-order valence-electron chi connectivity index (χ0n) is 7.97. The van der Waals surface area contributed by atoms with E-state index in [-0.39, 0.29) is 5.54 Å². The largest absolute Gasteiger partial charge is 0.264 e. The minimum absolute atomic E-state index is 0.109. The van der Waals surface area contributed by atoms with Crippen molar-refractivity contribution in [1.29, 1.82) is 0 Å². The quantitative estimate of drug-likeness (QED) is 0.557. The SMILES string of the molecule is Cc1cc(C)n(C(C)(C)C)n1. The van der Waals surface area contributed by atoms with Gasteiger partial charge >= 0.3 is 0 Å². The van der Waals surface area contributed by atoms with Gasteiger partial charge in [-0.05, 0) is 40.7 Å². The van der Waals surface area contributed by atoms with Crippen molar-refractivity contribution in [3.63, 3.8) is 0 Å². The normalized spacial score (nSPS) is 12.1. The molecule has 0 radical (unpaired) electrons. The summed E-state index contributed by atoms with van der Waals surface area (Å²) in [5, 5.41) is 4.40. The smallest absolute Gasteiger partial charge is 0.0596 e. The van der Waals surface area contributed by atoms with E-state index < -0.39 is 0 Å². The number of hydrogen-bond donors (Lipinski definition) is 0. The molecule has 0 N–H and O–H groups in total. The molecule has 2 heteroatoms. The number of aromatic nitrogens is 2. The molecule has 0 saturated carbocycles. The van der Waals surface area contributed by atoms with Crippen LogP contribution in [0, 0.1) is 13.8 Å². The standard InChI is InChI=1S/C9H16N2/c1-7-6-8(2)11(10-7)9(3,4)5/h6H,1-5H3. The van der Waals surface area contributed by atoms with Gasteiger partial charge < -0.3 is 0 Å². The lowest BCUT2D eigenvalue weighted by atomic mass is 10.1. The van der Waals surface area contributed by atoms with Gasteiger partial charge in [-0.25, -0.2) is 0 Å². The molecule has 0 unspecified atom stereocenters. The van der Waals surface area contributed by atoms with Crippen LogP contribution < -0.4 is 0 Å². The van der Waals surface area contributed by atoms with E-state index in [4.69, 9.17) is 0 Å². The molecular weight excluding hydrogens is 136 g/mol. The van der Waals surface area contributed by atoms with Crippen molar-refractivity contribution in [3.05, 3.63) is 17.5 Å². The van der Waals surface area contributed by atoms with Crippen molar-refractivity contribution in [2.24, 2.45) is 0 Å². The third kappa shape index (κ3) is 1.62. The molecule has 0 fully saturated rings. The summed E-state index contributed by atoms with van der Waals surface area (Å²) in [7, 11) is 0. The maximum Gasteiger partial charge on any atom is 0.0596 e. The van der Waals surface area contributed by atoms with Crippen LogP contribution in [0.2, 0.25) is 0 Å². The van der Waals surface area contributed by atoms with E-state index in [0.29, 0.717) is 0 Å². The summed E-state index contributed by atoms with van der Waals surface area (Å²) in [5.74, 6) is 0. The van der Waals surface area contributed by atoms with E-state index in [9.17, 15) is 0 Å². The Hall–Kier alpha value is -0.790. The Labute approximate surface area is 68.2 Å². The molecule has 0 atom stereocenters. The highest BCUT2D eigenvalue weighted by Gasteiger charge is 2.15. The van der Waals surface area contributed by atoms with Crippen molar-refractivity contribution in [2.45, 2.75) is 40.2 Å². The molecule has 0 aromatic carbocycles. The molecule has 0 aliphatic heterocycles. The summed E-state index contributed by atoms with van der Waals surface area (Å²) in [6.07, 6.45) is 0. The van der Waals surface area contributed by atoms with E-state index in [0.717, 1.165) is 5.69 Å². The number of rotatable bonds is 0. The molecule has 1 heterocycles. The van der Waals surface area contributed by atoms with Gasteiger partial charge in [0, 0.05) is 5.69 Å². The highest BCUT2D eigenvalue weighted by molar-refractivity contribution is 5.08. The second-order valence-electron chi connectivity index (χ2n) is 4.01. The molecule has 0 bridgehead atoms. The lowest BCUT2D eigenvalue weighted by Crippen LogP contribution is -2.24. The van der Waals surface area contributed by atoms with E-state index in [1.54, 1.807) is 0 Å². The van der Waals surface area contributed by atoms with Gasteiger partial charge in [0.15, 0.2) is 0 Å². The van der Waals surface area contributed by atoms with Crippen LogP contribution in [0.1, 0.15) is 32.2 Å². The first-order valence-electron chi connectivity index (χ1n) is 3.95. The maximum atomic E-state index is 4.40. The molecule has 0 amide bonds. The van der Waals surface area contributed by atoms with Crippen molar-refractivity contribution < 1.29 is 0 Å². The van der Waals surface area contributed by atoms with Crippen LogP contribution in [0.5, 0.6) is 0 Å². The van der Waals surface area contributed by atoms with E-state index in [1.165, 1.54) is 5.69 Å². The highest BCUT2D eigenvalue weighted by atomic mass is 15.3. The first-order valence-corrected chi connectivity index (χ1v) is 3.95. The van der Waals surface area contributed by atoms with Crippen LogP contribution in [-0.2, 0) is 5.54 Å². The average Bonchev–Trinajstić information content (AvgIpc) is 2.08. The fourth-order valence-corrected chi connectivity index (χ4v) is 1.31. The third-order valence-corrected chi connectivity index (χ3v) is 1.65. The molecule has 62 valence electrons. The molecule has 0 spiro atoms. The van der Waals surface area contributed by atoms with Crippen molar-refractivity contribution in [3.8, 4) is 0 Å². The third-order valence-electron chi connectivity index (χ3n) is 1.65. The molecule has 11 heavy (non-hydrogen) atoms. The minimum atomic E-state index is 0.109. The fraction of sp³-hybridized carbons (Fsp3) is 0.667. The van der Waals surface area contributed by atoms with Crippen LogP contribution in [0.3, 0.4) is 0 Å². The Balaban J connectivity index is 3.13. The molecule has 2 nitrogen and oxygen atoms in total. The Kier molecular flexibility index (Phi) is 1.78. The van der Waals surface area contributed by atoms with Crippen molar-refractivity contribution >= 4 is 0 Å². The summed E-state index contributed by atoms with van der Waals surface area (Å²) in [6, 6.07) is 2.10. The summed E-state index contributed by atoms with van der Waals surface area (Å²) in [5.41, 5.74) is 2.44. The van der Waals surface area contributed by atoms with Crippen LogP contribution in [-0.4, -0.2) is 9.78 Å². The Morgan fingerprint density at radius 2 is 1.82 bits per heavy atom. The maximum absolute atomic E-state index is 4.40. The molecule has 1 aromatic rings. The van der Waals surface area contributed by atoms with Gasteiger partial charge in [0.25, 0.3) is 0 Å². The van der Waals surface area contributed by atoms with Crippen LogP contribution in [0.4, 0.5) is 0 Å². The summed E-state index contributed by atoms with van der Waals surface area (Å²) >= 11 is 0. The number of hydrogen-bond acceptors (Lipinski definition) is 1. The monoisotopic (exact) mass is 152 g/mol. The summed E-state index contributed by atoms with van der Waals surface area (Å²) in [4.78, 5) is 0. The van der Waals surface area contributed by atoms with Crippen molar-refractivity contribution in [1.82, 2.24) is 9.78 Å². The average molecular weight is 152 g/mol. The van der Waals surface area contributed by atoms with E-state index in [1.807, 2.05) is 6.92 Å². The van der Waals surface area contributed by atoms with Gasteiger partial charge in [-0.3, -0.25) is 4.68 Å². The van der Waals surface area contributed by atoms with Gasteiger partial charge in [-0.2, -0.15) is 5.10 Å². The van der Waals surface area contributed by atoms with Gasteiger partial charge in [0.2, 0.25) is 0 Å². The Morgan fingerprint density at radius 3 is 2.00 bits per heavy atom. The fourth-order valence-electron chi connectivity index (χ4n) is 1.31. The Morgan fingerprint density at radius 1 is 1.27 bits per heavy atom. The molecule has 0 aliphatic carbocycles. The molecule has 1 rings (SSSR count). The zero-order valence-corrected chi connectivity index (χ0v) is 7.97. The number of nitrogens with zero attached hydrogens (tertiary/aromatic N) is 2. The van der Waals surface area contributed by atoms with E-state index >= 15 is 0 Å². The van der Waals surface area contributed by atoms with Gasteiger partial charge in [0.05, 0.1) is 11.2 Å². The lowest BCUT2D eigenvalue weighted by Gasteiger charge is -2.21. The van der Waals surface area contributed by atoms with Crippen molar-refractivity contribution in [2.75, 3.05) is 0 Å². The first kappa shape index (κ1) is 8.31. The van der Waals surface area contributed by atoms with Gasteiger partial charge in [-0.1, -0.05) is 0 Å². The van der Waals surface area contributed by atoms with Gasteiger partial charge in [0.1, 0.15) is 0 Å². The van der Waals surface area contributed by atoms with Gasteiger partial charge in [-0.15, -0.1) is 0 Å². The minimum Gasteiger partial charge on any atom is -0.264 e. The van der Waals surface area contributed by atoms with Crippen LogP contribution >= 0.6 is 0 Å². The molecule has 1 aromatic heterocycles. The summed E-state index contributed by atoms with van der Waals surface area (Å²) < 4.78 is 2.06. The van der Waals surface area contributed by atoms with E-state index in [2.05, 4.69) is 43.5 Å². The predicted octanol–water partition coefficient (Wildman–Crippen LogP) is 2.25. The first-order chi connectivity index (χ1) is 4.91. The highest BCUT2D eigenvalue weighted by Crippen LogP contribution is 2.15. The number of aryl methyl sites for hydroxylation is 2. The zero-order chi connectivity index (χ0) is 8.65. The molecule has 0 saturated heterocycles.